The van der Waals surface area contributed by atoms with Gasteiger partial charge in [-0.15, -0.1) is 0 Å². The highest BCUT2D eigenvalue weighted by atomic mass is 16.2. The van der Waals surface area contributed by atoms with Crippen LogP contribution in [0.5, 0.6) is 0 Å². The Morgan fingerprint density at radius 3 is 2.67 bits per heavy atom. The van der Waals surface area contributed by atoms with Crippen molar-refractivity contribution >= 4 is 16.7 Å². The second kappa shape index (κ2) is 4.95. The van der Waals surface area contributed by atoms with Crippen LogP contribution in [0.25, 0.3) is 10.8 Å². The minimum atomic E-state index is -0.0664. The fourth-order valence-corrected chi connectivity index (χ4v) is 4.83. The Balaban J connectivity index is 1.39. The lowest BCUT2D eigenvalue weighted by Gasteiger charge is -2.63. The molecule has 2 aromatic rings. The van der Waals surface area contributed by atoms with E-state index in [0.717, 1.165) is 17.8 Å². The second-order valence-corrected chi connectivity index (χ2v) is 7.86. The van der Waals surface area contributed by atoms with Crippen LogP contribution in [-0.4, -0.2) is 28.0 Å². The van der Waals surface area contributed by atoms with Gasteiger partial charge in [0.2, 0.25) is 5.91 Å². The van der Waals surface area contributed by atoms with Gasteiger partial charge in [-0.1, -0.05) is 24.6 Å². The molecule has 4 heteroatoms. The van der Waals surface area contributed by atoms with Crippen LogP contribution in [0, 0.1) is 11.3 Å². The maximum absolute atomic E-state index is 12.8. The van der Waals surface area contributed by atoms with Crippen LogP contribution in [0.3, 0.4) is 0 Å². The van der Waals surface area contributed by atoms with Crippen molar-refractivity contribution in [3.05, 3.63) is 46.9 Å². The van der Waals surface area contributed by atoms with E-state index < -0.39 is 0 Å². The molecular weight excluding hydrogens is 300 g/mol. The Kier molecular flexibility index (Phi) is 2.94. The molecular formula is C20H22N2O2. The summed E-state index contributed by atoms with van der Waals surface area (Å²) in [6.45, 7) is 1.08. The summed E-state index contributed by atoms with van der Waals surface area (Å²) < 4.78 is 1.57. The zero-order valence-corrected chi connectivity index (χ0v) is 13.8. The van der Waals surface area contributed by atoms with Gasteiger partial charge in [-0.05, 0) is 49.1 Å². The van der Waals surface area contributed by atoms with Gasteiger partial charge >= 0.3 is 0 Å². The molecule has 1 aromatic carbocycles. The minimum Gasteiger partial charge on any atom is -0.337 e. The Bertz CT molecular complexity index is 877. The van der Waals surface area contributed by atoms with E-state index in [1.54, 1.807) is 10.8 Å². The number of carbonyl (C=O) groups excluding carboxylic acids is 1. The molecule has 5 rings (SSSR count). The van der Waals surface area contributed by atoms with Crippen LogP contribution >= 0.6 is 0 Å². The molecule has 2 aliphatic carbocycles. The van der Waals surface area contributed by atoms with E-state index in [0.29, 0.717) is 16.8 Å². The number of carbonyl (C=O) groups is 1. The first-order valence-corrected chi connectivity index (χ1v) is 9.06. The molecule has 4 nitrogen and oxygen atoms in total. The van der Waals surface area contributed by atoms with Crippen LogP contribution in [0.4, 0.5) is 0 Å². The van der Waals surface area contributed by atoms with E-state index in [4.69, 9.17) is 0 Å². The smallest absolute Gasteiger partial charge is 0.258 e. The van der Waals surface area contributed by atoms with Crippen LogP contribution in [0.1, 0.15) is 32.1 Å². The standard InChI is InChI=1S/C20H22N2O2/c23-17(22-13-20(9-3-10-20)18(22)15-6-7-15)12-21-11-8-14-4-1-2-5-16(14)19(21)24/h1-2,4-5,8,11,15,18H,3,6-7,9-10,12-13H2. The molecule has 2 saturated carbocycles. The highest BCUT2D eigenvalue weighted by molar-refractivity contribution is 5.82. The Hall–Kier alpha value is -2.10. The highest BCUT2D eigenvalue weighted by Crippen LogP contribution is 2.59. The summed E-state index contributed by atoms with van der Waals surface area (Å²) in [5.41, 5.74) is 0.369. The minimum absolute atomic E-state index is 0.0664. The molecule has 1 spiro atoms. The molecule has 0 radical (unpaired) electrons. The average Bonchev–Trinajstić information content (AvgIpc) is 3.32. The fourth-order valence-electron chi connectivity index (χ4n) is 4.83. The molecule has 24 heavy (non-hydrogen) atoms. The van der Waals surface area contributed by atoms with Gasteiger partial charge in [-0.25, -0.2) is 0 Å². The zero-order valence-electron chi connectivity index (χ0n) is 13.8. The third-order valence-corrected chi connectivity index (χ3v) is 6.38. The molecule has 124 valence electrons. The van der Waals surface area contributed by atoms with E-state index in [1.807, 2.05) is 30.3 Å². The van der Waals surface area contributed by atoms with E-state index in [-0.39, 0.29) is 18.0 Å². The summed E-state index contributed by atoms with van der Waals surface area (Å²) in [5.74, 6) is 0.832. The van der Waals surface area contributed by atoms with Gasteiger partial charge in [0.15, 0.2) is 0 Å². The van der Waals surface area contributed by atoms with Crippen molar-refractivity contribution in [2.45, 2.75) is 44.7 Å². The van der Waals surface area contributed by atoms with Gasteiger partial charge in [-0.3, -0.25) is 9.59 Å². The Morgan fingerprint density at radius 1 is 1.17 bits per heavy atom. The van der Waals surface area contributed by atoms with Crippen molar-refractivity contribution in [3.63, 3.8) is 0 Å². The van der Waals surface area contributed by atoms with Crippen molar-refractivity contribution in [1.82, 2.24) is 9.47 Å². The highest BCUT2D eigenvalue weighted by Gasteiger charge is 2.61. The molecule has 1 atom stereocenters. The van der Waals surface area contributed by atoms with Crippen molar-refractivity contribution in [1.29, 1.82) is 0 Å². The molecule has 1 aliphatic heterocycles. The molecule has 2 heterocycles. The van der Waals surface area contributed by atoms with E-state index in [2.05, 4.69) is 4.90 Å². The lowest BCUT2D eigenvalue weighted by molar-refractivity contribution is -0.171. The van der Waals surface area contributed by atoms with Crippen molar-refractivity contribution in [3.8, 4) is 0 Å². The molecule has 1 saturated heterocycles. The number of amides is 1. The third kappa shape index (κ3) is 1.98. The van der Waals surface area contributed by atoms with E-state index in [9.17, 15) is 9.59 Å². The summed E-state index contributed by atoms with van der Waals surface area (Å²) in [6, 6.07) is 9.94. The normalized spacial score (nSPS) is 24.7. The molecule has 1 unspecified atom stereocenters. The summed E-state index contributed by atoms with van der Waals surface area (Å²) in [5, 5.41) is 1.62. The number of aromatic nitrogens is 1. The van der Waals surface area contributed by atoms with Gasteiger partial charge in [0.05, 0.1) is 0 Å². The van der Waals surface area contributed by atoms with Gasteiger partial charge in [0.25, 0.3) is 5.56 Å². The van der Waals surface area contributed by atoms with Gasteiger partial charge in [0, 0.05) is 29.6 Å². The number of pyridine rings is 1. The maximum Gasteiger partial charge on any atom is 0.258 e. The topological polar surface area (TPSA) is 42.3 Å². The first-order chi connectivity index (χ1) is 11.7. The predicted molar refractivity (Wildman–Crippen MR) is 92.7 cm³/mol. The molecule has 0 N–H and O–H groups in total. The number of hydrogen-bond acceptors (Lipinski definition) is 2. The molecule has 1 amide bonds. The number of rotatable bonds is 3. The molecule has 3 aliphatic rings. The molecule has 0 bridgehead atoms. The average molecular weight is 322 g/mol. The molecule has 3 fully saturated rings. The van der Waals surface area contributed by atoms with Crippen LogP contribution < -0.4 is 5.56 Å². The van der Waals surface area contributed by atoms with Gasteiger partial charge < -0.3 is 9.47 Å². The Morgan fingerprint density at radius 2 is 1.96 bits per heavy atom. The fraction of sp³-hybridized carbons (Fsp3) is 0.500. The first kappa shape index (κ1) is 14.3. The monoisotopic (exact) mass is 322 g/mol. The van der Waals surface area contributed by atoms with Crippen LogP contribution in [0.15, 0.2) is 41.3 Å². The third-order valence-electron chi connectivity index (χ3n) is 6.38. The number of hydrogen-bond donors (Lipinski definition) is 0. The maximum atomic E-state index is 12.8. The zero-order chi connectivity index (χ0) is 16.3. The largest absolute Gasteiger partial charge is 0.337 e. The Labute approximate surface area is 141 Å². The lowest BCUT2D eigenvalue weighted by Crippen LogP contribution is -2.70. The summed E-state index contributed by atoms with van der Waals surface area (Å²) >= 11 is 0. The number of fused-ring (bicyclic) bond motifs is 1. The first-order valence-electron chi connectivity index (χ1n) is 9.06. The quantitative estimate of drug-likeness (QED) is 0.872. The van der Waals surface area contributed by atoms with Crippen molar-refractivity contribution < 1.29 is 4.79 Å². The predicted octanol–water partition coefficient (Wildman–Crippen LogP) is 2.79. The van der Waals surface area contributed by atoms with E-state index >= 15 is 0 Å². The van der Waals surface area contributed by atoms with Crippen molar-refractivity contribution in [2.75, 3.05) is 6.54 Å². The number of nitrogens with zero attached hydrogens (tertiary/aromatic N) is 2. The number of benzene rings is 1. The summed E-state index contributed by atoms with van der Waals surface area (Å²) in [6.07, 6.45) is 8.18. The van der Waals surface area contributed by atoms with Crippen molar-refractivity contribution in [2.24, 2.45) is 11.3 Å². The number of likely N-dealkylation sites (tertiary alicyclic amines) is 1. The van der Waals surface area contributed by atoms with Gasteiger partial charge in [-0.2, -0.15) is 0 Å². The molecule has 1 aromatic heterocycles. The summed E-state index contributed by atoms with van der Waals surface area (Å²) in [4.78, 5) is 27.5. The second-order valence-electron chi connectivity index (χ2n) is 7.86. The summed E-state index contributed by atoms with van der Waals surface area (Å²) in [7, 11) is 0. The van der Waals surface area contributed by atoms with Gasteiger partial charge in [0.1, 0.15) is 6.54 Å². The van der Waals surface area contributed by atoms with E-state index in [1.165, 1.54) is 32.1 Å². The SMILES string of the molecule is O=C(Cn1ccc2ccccc2c1=O)N1CC2(CCC2)C1C1CC1. The lowest BCUT2D eigenvalue weighted by atomic mass is 9.56. The van der Waals surface area contributed by atoms with Crippen LogP contribution in [-0.2, 0) is 11.3 Å². The van der Waals surface area contributed by atoms with Crippen LogP contribution in [0.2, 0.25) is 0 Å².